The Labute approximate surface area is 173 Å². The van der Waals surface area contributed by atoms with E-state index in [0.717, 1.165) is 5.56 Å². The van der Waals surface area contributed by atoms with Gasteiger partial charge in [0.15, 0.2) is 11.5 Å². The number of benzene rings is 2. The molecule has 7 nitrogen and oxygen atoms in total. The van der Waals surface area contributed by atoms with Crippen LogP contribution in [0.25, 0.3) is 0 Å². The highest BCUT2D eigenvalue weighted by molar-refractivity contribution is 5.94. The van der Waals surface area contributed by atoms with E-state index >= 15 is 0 Å². The molecule has 0 saturated carbocycles. The second-order valence-corrected chi connectivity index (χ2v) is 6.51. The molecule has 1 heterocycles. The number of carbonyl (C=O) groups is 1. The van der Waals surface area contributed by atoms with Gasteiger partial charge in [0.2, 0.25) is 0 Å². The van der Waals surface area contributed by atoms with Gasteiger partial charge >= 0.3 is 0 Å². The fourth-order valence-electron chi connectivity index (χ4n) is 2.85. The lowest BCUT2D eigenvalue weighted by Crippen LogP contribution is -2.23. The van der Waals surface area contributed by atoms with Crippen LogP contribution in [0.1, 0.15) is 27.2 Å². The Bertz CT molecular complexity index is 1040. The minimum atomic E-state index is -0.465. The Morgan fingerprint density at radius 2 is 1.83 bits per heavy atom. The van der Waals surface area contributed by atoms with Crippen molar-refractivity contribution in [1.29, 1.82) is 0 Å². The van der Waals surface area contributed by atoms with E-state index in [9.17, 15) is 9.18 Å². The summed E-state index contributed by atoms with van der Waals surface area (Å²) in [6, 6.07) is 12.6. The molecule has 0 unspecified atom stereocenters. The Kier molecular flexibility index (Phi) is 6.95. The molecule has 0 aliphatic heterocycles. The quantitative estimate of drug-likeness (QED) is 0.526. The second-order valence-electron chi connectivity index (χ2n) is 6.51. The minimum absolute atomic E-state index is 0.174. The molecule has 3 aromatic rings. The number of halogens is 1. The maximum Gasteiger partial charge on any atom is 0.251 e. The maximum atomic E-state index is 13.8. The fourth-order valence-corrected chi connectivity index (χ4v) is 2.85. The molecule has 0 atom stereocenters. The third-order valence-electron chi connectivity index (χ3n) is 4.37. The summed E-state index contributed by atoms with van der Waals surface area (Å²) in [7, 11) is 1.48. The molecule has 0 bridgehead atoms. The molecule has 0 fully saturated rings. The van der Waals surface area contributed by atoms with Gasteiger partial charge in [-0.05, 0) is 53.6 Å². The van der Waals surface area contributed by atoms with Crippen LogP contribution in [0.2, 0.25) is 0 Å². The van der Waals surface area contributed by atoms with E-state index in [1.54, 1.807) is 24.4 Å². The fraction of sp³-hybridized carbons (Fsp3) is 0.182. The van der Waals surface area contributed by atoms with E-state index in [-0.39, 0.29) is 30.5 Å². The summed E-state index contributed by atoms with van der Waals surface area (Å²) in [5.74, 6) is 0.163. The SMILES string of the molecule is COc1ccc(C(=O)NCc2cc(CN)ccn2)cc1Oc1cc(F)cc(CN)c1. The third kappa shape index (κ3) is 5.31. The van der Waals surface area contributed by atoms with Crippen molar-refractivity contribution in [2.75, 3.05) is 7.11 Å². The first-order valence-corrected chi connectivity index (χ1v) is 9.30. The Hall–Kier alpha value is -3.49. The molecule has 0 aliphatic rings. The molecule has 2 aromatic carbocycles. The summed E-state index contributed by atoms with van der Waals surface area (Å²) >= 11 is 0. The molecule has 156 valence electrons. The molecule has 3 rings (SSSR count). The number of hydrogen-bond donors (Lipinski definition) is 3. The van der Waals surface area contributed by atoms with Crippen molar-refractivity contribution in [3.63, 3.8) is 0 Å². The first-order valence-electron chi connectivity index (χ1n) is 9.30. The summed E-state index contributed by atoms with van der Waals surface area (Å²) in [5.41, 5.74) is 13.8. The largest absolute Gasteiger partial charge is 0.493 e. The highest BCUT2D eigenvalue weighted by Crippen LogP contribution is 2.33. The van der Waals surface area contributed by atoms with Crippen molar-refractivity contribution in [2.45, 2.75) is 19.6 Å². The highest BCUT2D eigenvalue weighted by atomic mass is 19.1. The summed E-state index contributed by atoms with van der Waals surface area (Å²) in [6.45, 7) is 0.820. The van der Waals surface area contributed by atoms with Crippen LogP contribution in [0, 0.1) is 5.82 Å². The maximum absolute atomic E-state index is 13.8. The number of aromatic nitrogens is 1. The first-order chi connectivity index (χ1) is 14.5. The minimum Gasteiger partial charge on any atom is -0.493 e. The van der Waals surface area contributed by atoms with Crippen LogP contribution in [-0.2, 0) is 19.6 Å². The molecule has 0 radical (unpaired) electrons. The predicted octanol–water partition coefficient (Wildman–Crippen LogP) is 2.87. The second kappa shape index (κ2) is 9.82. The van der Waals surface area contributed by atoms with Crippen LogP contribution in [0.5, 0.6) is 17.2 Å². The number of nitrogens with one attached hydrogen (secondary N) is 1. The van der Waals surface area contributed by atoms with Crippen LogP contribution in [-0.4, -0.2) is 18.0 Å². The lowest BCUT2D eigenvalue weighted by Gasteiger charge is -2.13. The molecular weight excluding hydrogens is 387 g/mol. The molecule has 30 heavy (non-hydrogen) atoms. The van der Waals surface area contributed by atoms with Gasteiger partial charge in [-0.15, -0.1) is 0 Å². The normalized spacial score (nSPS) is 10.5. The first kappa shape index (κ1) is 21.2. The Morgan fingerprint density at radius 1 is 1.03 bits per heavy atom. The number of amides is 1. The van der Waals surface area contributed by atoms with Gasteiger partial charge in [0.25, 0.3) is 5.91 Å². The number of pyridine rings is 1. The Morgan fingerprint density at radius 3 is 2.57 bits per heavy atom. The van der Waals surface area contributed by atoms with Crippen LogP contribution < -0.4 is 26.3 Å². The number of carbonyl (C=O) groups excluding carboxylic acids is 1. The van der Waals surface area contributed by atoms with Gasteiger partial charge < -0.3 is 26.3 Å². The van der Waals surface area contributed by atoms with E-state index in [1.807, 2.05) is 12.1 Å². The van der Waals surface area contributed by atoms with Gasteiger partial charge in [0, 0.05) is 30.9 Å². The molecule has 0 aliphatic carbocycles. The van der Waals surface area contributed by atoms with E-state index in [1.165, 1.54) is 25.3 Å². The third-order valence-corrected chi connectivity index (χ3v) is 4.37. The summed E-state index contributed by atoms with van der Waals surface area (Å²) < 4.78 is 24.9. The van der Waals surface area contributed by atoms with Crippen LogP contribution in [0.4, 0.5) is 4.39 Å². The molecule has 0 spiro atoms. The highest BCUT2D eigenvalue weighted by Gasteiger charge is 2.13. The molecule has 8 heteroatoms. The van der Waals surface area contributed by atoms with Crippen molar-refractivity contribution in [1.82, 2.24) is 10.3 Å². The predicted molar refractivity (Wildman–Crippen MR) is 111 cm³/mol. The standard InChI is InChI=1S/C22H23FN4O3/c1-29-20-3-2-16(22(28)27-13-18-7-14(11-24)4-5-26-18)9-21(20)30-19-8-15(12-25)6-17(23)10-19/h2-10H,11-13,24-25H2,1H3,(H,27,28). The average molecular weight is 410 g/mol. The van der Waals surface area contributed by atoms with Gasteiger partial charge in [-0.3, -0.25) is 9.78 Å². The number of nitrogens with two attached hydrogens (primary N) is 2. The van der Waals surface area contributed by atoms with Crippen LogP contribution in [0.15, 0.2) is 54.7 Å². The monoisotopic (exact) mass is 410 g/mol. The zero-order valence-electron chi connectivity index (χ0n) is 16.5. The lowest BCUT2D eigenvalue weighted by atomic mass is 10.1. The average Bonchev–Trinajstić information content (AvgIpc) is 2.77. The zero-order chi connectivity index (χ0) is 21.5. The van der Waals surface area contributed by atoms with Crippen molar-refractivity contribution >= 4 is 5.91 Å². The van der Waals surface area contributed by atoms with Gasteiger partial charge in [-0.25, -0.2) is 4.39 Å². The lowest BCUT2D eigenvalue weighted by molar-refractivity contribution is 0.0950. The summed E-state index contributed by atoms with van der Waals surface area (Å²) in [5, 5.41) is 2.81. The van der Waals surface area contributed by atoms with E-state index in [0.29, 0.717) is 29.1 Å². The van der Waals surface area contributed by atoms with Gasteiger partial charge in [-0.2, -0.15) is 0 Å². The van der Waals surface area contributed by atoms with Crippen LogP contribution >= 0.6 is 0 Å². The molecule has 1 aromatic heterocycles. The zero-order valence-corrected chi connectivity index (χ0v) is 16.5. The Balaban J connectivity index is 1.77. The number of ether oxygens (including phenoxy) is 2. The number of rotatable bonds is 8. The summed E-state index contributed by atoms with van der Waals surface area (Å²) in [4.78, 5) is 16.8. The summed E-state index contributed by atoms with van der Waals surface area (Å²) in [6.07, 6.45) is 1.65. The molecule has 1 amide bonds. The van der Waals surface area contributed by atoms with E-state index in [2.05, 4.69) is 10.3 Å². The van der Waals surface area contributed by atoms with Crippen LogP contribution in [0.3, 0.4) is 0 Å². The van der Waals surface area contributed by atoms with E-state index in [4.69, 9.17) is 20.9 Å². The molecule has 0 saturated heterocycles. The number of nitrogens with zero attached hydrogens (tertiary/aromatic N) is 1. The number of hydrogen-bond acceptors (Lipinski definition) is 6. The topological polar surface area (TPSA) is 112 Å². The van der Waals surface area contributed by atoms with Gasteiger partial charge in [0.05, 0.1) is 19.3 Å². The van der Waals surface area contributed by atoms with Crippen molar-refractivity contribution in [3.8, 4) is 17.2 Å². The number of methoxy groups -OCH3 is 1. The smallest absolute Gasteiger partial charge is 0.251 e. The van der Waals surface area contributed by atoms with E-state index < -0.39 is 5.82 Å². The van der Waals surface area contributed by atoms with Crippen molar-refractivity contribution < 1.29 is 18.7 Å². The van der Waals surface area contributed by atoms with Gasteiger partial charge in [0.1, 0.15) is 11.6 Å². The van der Waals surface area contributed by atoms with Crippen molar-refractivity contribution in [2.24, 2.45) is 11.5 Å². The molecule has 5 N–H and O–H groups in total. The molecular formula is C22H23FN4O3. The van der Waals surface area contributed by atoms with Crippen molar-refractivity contribution in [3.05, 3.63) is 82.9 Å². The van der Waals surface area contributed by atoms with Gasteiger partial charge in [-0.1, -0.05) is 0 Å².